The lowest BCUT2D eigenvalue weighted by atomic mass is 10.2. The van der Waals surface area contributed by atoms with E-state index in [0.29, 0.717) is 12.3 Å². The van der Waals surface area contributed by atoms with Gasteiger partial charge < -0.3 is 4.74 Å². The van der Waals surface area contributed by atoms with Crippen LogP contribution < -0.4 is 0 Å². The second-order valence-electron chi connectivity index (χ2n) is 3.85. The molecule has 0 radical (unpaired) electrons. The van der Waals surface area contributed by atoms with E-state index in [2.05, 4.69) is 16.2 Å². The van der Waals surface area contributed by atoms with Gasteiger partial charge >= 0.3 is 5.97 Å². The van der Waals surface area contributed by atoms with Crippen LogP contribution in [0.1, 0.15) is 28.7 Å². The third-order valence-corrected chi connectivity index (χ3v) is 2.62. The Morgan fingerprint density at radius 1 is 1.53 bits per heavy atom. The monoisotopic (exact) mass is 255 g/mol. The number of aromatic nitrogens is 3. The van der Waals surface area contributed by atoms with Crippen LogP contribution in [0.4, 0.5) is 0 Å². The molecule has 5 heteroatoms. The van der Waals surface area contributed by atoms with E-state index in [1.165, 1.54) is 0 Å². The summed E-state index contributed by atoms with van der Waals surface area (Å²) in [5.41, 5.74) is 2.33. The van der Waals surface area contributed by atoms with Crippen LogP contribution in [0.25, 0.3) is 5.69 Å². The Bertz CT molecular complexity index is 653. The molecule has 1 aromatic carbocycles. The third kappa shape index (κ3) is 2.47. The number of terminal acetylenes is 1. The smallest absolute Gasteiger partial charge is 0.360 e. The molecule has 0 spiro atoms. The molecule has 0 amide bonds. The SMILES string of the molecule is C#Cc1cccc(-n2nnc(C(=O)OCC)c2C)c1. The fraction of sp³-hybridized carbons (Fsp3) is 0.214. The molecule has 0 aliphatic carbocycles. The molecule has 2 aromatic rings. The van der Waals surface area contributed by atoms with Crippen molar-refractivity contribution in [3.8, 4) is 18.0 Å². The van der Waals surface area contributed by atoms with Crippen LogP contribution in [0.5, 0.6) is 0 Å². The molecule has 0 bridgehead atoms. The summed E-state index contributed by atoms with van der Waals surface area (Å²) in [4.78, 5) is 11.7. The van der Waals surface area contributed by atoms with Gasteiger partial charge in [0.2, 0.25) is 0 Å². The maximum absolute atomic E-state index is 11.7. The van der Waals surface area contributed by atoms with Gasteiger partial charge in [-0.05, 0) is 32.0 Å². The molecule has 1 aromatic heterocycles. The number of ether oxygens (including phenoxy) is 1. The second-order valence-corrected chi connectivity index (χ2v) is 3.85. The molecule has 1 heterocycles. The highest BCUT2D eigenvalue weighted by Gasteiger charge is 2.18. The third-order valence-electron chi connectivity index (χ3n) is 2.62. The van der Waals surface area contributed by atoms with Crippen molar-refractivity contribution >= 4 is 5.97 Å². The van der Waals surface area contributed by atoms with Crippen LogP contribution in [0.15, 0.2) is 24.3 Å². The predicted molar refractivity (Wildman–Crippen MR) is 70.0 cm³/mol. The average molecular weight is 255 g/mol. The number of esters is 1. The first-order valence-electron chi connectivity index (χ1n) is 5.83. The van der Waals surface area contributed by atoms with Crippen LogP contribution in [-0.2, 0) is 4.74 Å². The lowest BCUT2D eigenvalue weighted by molar-refractivity contribution is 0.0518. The van der Waals surface area contributed by atoms with Crippen molar-refractivity contribution in [2.24, 2.45) is 0 Å². The molecule has 0 saturated carbocycles. The molecule has 5 nitrogen and oxygen atoms in total. The Kier molecular flexibility index (Phi) is 3.62. The van der Waals surface area contributed by atoms with E-state index >= 15 is 0 Å². The number of rotatable bonds is 3. The maximum Gasteiger partial charge on any atom is 0.360 e. The minimum absolute atomic E-state index is 0.216. The van der Waals surface area contributed by atoms with Crippen LogP contribution in [0.3, 0.4) is 0 Å². The van der Waals surface area contributed by atoms with E-state index in [9.17, 15) is 4.79 Å². The normalized spacial score (nSPS) is 9.95. The molecular formula is C14H13N3O2. The molecule has 0 N–H and O–H groups in total. The van der Waals surface area contributed by atoms with Crippen molar-refractivity contribution in [2.75, 3.05) is 6.61 Å². The summed E-state index contributed by atoms with van der Waals surface area (Å²) in [6.07, 6.45) is 5.36. The summed E-state index contributed by atoms with van der Waals surface area (Å²) in [7, 11) is 0. The van der Waals surface area contributed by atoms with Gasteiger partial charge in [0.25, 0.3) is 0 Å². The molecule has 0 saturated heterocycles. The zero-order valence-electron chi connectivity index (χ0n) is 10.8. The van der Waals surface area contributed by atoms with Gasteiger partial charge in [-0.1, -0.05) is 17.2 Å². The molecule has 2 rings (SSSR count). The second kappa shape index (κ2) is 5.36. The van der Waals surface area contributed by atoms with Gasteiger partial charge in [0, 0.05) is 5.56 Å². The Morgan fingerprint density at radius 2 is 2.32 bits per heavy atom. The Hall–Kier alpha value is -2.61. The van der Waals surface area contributed by atoms with E-state index < -0.39 is 5.97 Å². The number of hydrogen-bond acceptors (Lipinski definition) is 4. The van der Waals surface area contributed by atoms with Gasteiger partial charge in [0.05, 0.1) is 18.0 Å². The molecule has 0 atom stereocenters. The minimum Gasteiger partial charge on any atom is -0.461 e. The Morgan fingerprint density at radius 3 is 3.00 bits per heavy atom. The quantitative estimate of drug-likeness (QED) is 0.619. The molecule has 19 heavy (non-hydrogen) atoms. The van der Waals surface area contributed by atoms with Crippen LogP contribution in [-0.4, -0.2) is 27.6 Å². The average Bonchev–Trinajstić information content (AvgIpc) is 2.81. The summed E-state index contributed by atoms with van der Waals surface area (Å²) in [6.45, 7) is 3.81. The van der Waals surface area contributed by atoms with E-state index in [1.807, 2.05) is 18.2 Å². The first kappa shape index (κ1) is 12.8. The number of carbonyl (C=O) groups is 1. The van der Waals surface area contributed by atoms with Gasteiger partial charge in [0.15, 0.2) is 5.69 Å². The van der Waals surface area contributed by atoms with Crippen molar-refractivity contribution in [3.05, 3.63) is 41.2 Å². The van der Waals surface area contributed by atoms with Gasteiger partial charge in [-0.3, -0.25) is 0 Å². The summed E-state index contributed by atoms with van der Waals surface area (Å²) >= 11 is 0. The highest BCUT2D eigenvalue weighted by atomic mass is 16.5. The van der Waals surface area contributed by atoms with E-state index in [-0.39, 0.29) is 5.69 Å². The number of benzene rings is 1. The van der Waals surface area contributed by atoms with Crippen molar-refractivity contribution in [1.29, 1.82) is 0 Å². The molecule has 96 valence electrons. The lowest BCUT2D eigenvalue weighted by Gasteiger charge is -2.04. The Labute approximate surface area is 111 Å². The Balaban J connectivity index is 2.42. The fourth-order valence-electron chi connectivity index (χ4n) is 1.69. The minimum atomic E-state index is -0.473. The topological polar surface area (TPSA) is 57.0 Å². The van der Waals surface area contributed by atoms with Crippen molar-refractivity contribution in [3.63, 3.8) is 0 Å². The van der Waals surface area contributed by atoms with Crippen LogP contribution in [0, 0.1) is 19.3 Å². The standard InChI is InChI=1S/C14H13N3O2/c1-4-11-7-6-8-12(9-11)17-10(3)13(15-16-17)14(18)19-5-2/h1,6-9H,5H2,2-3H3. The van der Waals surface area contributed by atoms with E-state index in [4.69, 9.17) is 11.2 Å². The zero-order chi connectivity index (χ0) is 13.8. The van der Waals surface area contributed by atoms with E-state index in [0.717, 1.165) is 11.3 Å². The van der Waals surface area contributed by atoms with Gasteiger partial charge in [0.1, 0.15) is 0 Å². The molecule has 0 aliphatic rings. The van der Waals surface area contributed by atoms with Crippen LogP contribution in [0.2, 0.25) is 0 Å². The highest BCUT2D eigenvalue weighted by molar-refractivity contribution is 5.88. The summed E-state index contributed by atoms with van der Waals surface area (Å²) in [5.74, 6) is 2.08. The van der Waals surface area contributed by atoms with Gasteiger partial charge in [-0.15, -0.1) is 11.5 Å². The summed E-state index contributed by atoms with van der Waals surface area (Å²) in [5, 5.41) is 7.81. The lowest BCUT2D eigenvalue weighted by Crippen LogP contribution is -2.07. The van der Waals surface area contributed by atoms with Crippen molar-refractivity contribution in [2.45, 2.75) is 13.8 Å². The van der Waals surface area contributed by atoms with Gasteiger partial charge in [-0.2, -0.15) is 0 Å². The molecular weight excluding hydrogens is 242 g/mol. The first-order valence-corrected chi connectivity index (χ1v) is 5.83. The summed E-state index contributed by atoms with van der Waals surface area (Å²) in [6, 6.07) is 7.30. The molecule has 0 unspecified atom stereocenters. The molecule has 0 fully saturated rings. The zero-order valence-corrected chi connectivity index (χ0v) is 10.8. The fourth-order valence-corrected chi connectivity index (χ4v) is 1.69. The molecule has 0 aliphatic heterocycles. The van der Waals surface area contributed by atoms with Crippen molar-refractivity contribution in [1.82, 2.24) is 15.0 Å². The highest BCUT2D eigenvalue weighted by Crippen LogP contribution is 2.14. The van der Waals surface area contributed by atoms with E-state index in [1.54, 1.807) is 24.6 Å². The maximum atomic E-state index is 11.7. The number of nitrogens with zero attached hydrogens (tertiary/aromatic N) is 3. The summed E-state index contributed by atoms with van der Waals surface area (Å²) < 4.78 is 6.48. The van der Waals surface area contributed by atoms with Crippen LogP contribution >= 0.6 is 0 Å². The number of hydrogen-bond donors (Lipinski definition) is 0. The first-order chi connectivity index (χ1) is 9.17. The largest absolute Gasteiger partial charge is 0.461 e. The predicted octanol–water partition coefficient (Wildman–Crippen LogP) is 1.73. The van der Waals surface area contributed by atoms with Crippen molar-refractivity contribution < 1.29 is 9.53 Å². The van der Waals surface area contributed by atoms with Gasteiger partial charge in [-0.25, -0.2) is 9.48 Å². The number of carbonyl (C=O) groups excluding carboxylic acids is 1.